The number of aliphatic imine (C=N–C) groups is 1. The number of nitrogens with zero attached hydrogens (tertiary/aromatic N) is 4. The van der Waals surface area contributed by atoms with Crippen LogP contribution in [0.2, 0.25) is 0 Å². The minimum absolute atomic E-state index is 0. The number of piperidine rings is 1. The van der Waals surface area contributed by atoms with Crippen LogP contribution in [0.3, 0.4) is 0 Å². The molecule has 0 unspecified atom stereocenters. The van der Waals surface area contributed by atoms with Gasteiger partial charge in [0, 0.05) is 68.4 Å². The van der Waals surface area contributed by atoms with Crippen LogP contribution in [0.4, 0.5) is 5.69 Å². The van der Waals surface area contributed by atoms with Gasteiger partial charge in [0.15, 0.2) is 5.96 Å². The van der Waals surface area contributed by atoms with Crippen molar-refractivity contribution in [3.8, 4) is 17.2 Å². The minimum atomic E-state index is 0. The van der Waals surface area contributed by atoms with Crippen LogP contribution >= 0.6 is 24.0 Å². The number of nitrogens with one attached hydrogen (secondary N) is 2. The van der Waals surface area contributed by atoms with Crippen molar-refractivity contribution in [2.45, 2.75) is 25.4 Å². The van der Waals surface area contributed by atoms with Crippen LogP contribution in [0.5, 0.6) is 11.5 Å². The van der Waals surface area contributed by atoms with Gasteiger partial charge in [0.2, 0.25) is 0 Å². The van der Waals surface area contributed by atoms with Gasteiger partial charge in [-0.1, -0.05) is 18.2 Å². The summed E-state index contributed by atoms with van der Waals surface area (Å²) in [6.45, 7) is 2.57. The van der Waals surface area contributed by atoms with E-state index in [1.165, 1.54) is 0 Å². The van der Waals surface area contributed by atoms with Gasteiger partial charge >= 0.3 is 0 Å². The lowest BCUT2D eigenvalue weighted by Crippen LogP contribution is -2.48. The molecule has 9 heteroatoms. The highest BCUT2D eigenvalue weighted by molar-refractivity contribution is 14.0. The molecule has 0 spiro atoms. The molecule has 4 rings (SSSR count). The first-order chi connectivity index (χ1) is 16.2. The van der Waals surface area contributed by atoms with Crippen LogP contribution in [0.15, 0.2) is 65.9 Å². The van der Waals surface area contributed by atoms with E-state index in [9.17, 15) is 0 Å². The van der Waals surface area contributed by atoms with E-state index in [-0.39, 0.29) is 24.0 Å². The zero-order chi connectivity index (χ0) is 23.0. The quantitative estimate of drug-likeness (QED) is 0.253. The second-order valence-electron chi connectivity index (χ2n) is 8.03. The van der Waals surface area contributed by atoms with E-state index < -0.39 is 0 Å². The van der Waals surface area contributed by atoms with Crippen molar-refractivity contribution >= 4 is 35.6 Å². The van der Waals surface area contributed by atoms with E-state index in [1.54, 1.807) is 21.3 Å². The number of methoxy groups -OCH3 is 2. The molecule has 2 aromatic carbocycles. The zero-order valence-electron chi connectivity index (χ0n) is 19.9. The van der Waals surface area contributed by atoms with Gasteiger partial charge in [-0.05, 0) is 25.0 Å². The standard InChI is InChI=1S/C25H32N6O2.HI/c1-26-25(27-16-19-17-28-31(18-19)21-7-5-4-6-8-21)29-20-9-11-30(12-10-20)22-13-23(32-2)15-24(14-22)33-3;/h4-8,13-15,17-18,20H,9-12,16H2,1-3H3,(H2,26,27,29);1H. The van der Waals surface area contributed by atoms with Crippen molar-refractivity contribution in [3.63, 3.8) is 0 Å². The van der Waals surface area contributed by atoms with Crippen LogP contribution < -0.4 is 25.0 Å². The van der Waals surface area contributed by atoms with Crippen molar-refractivity contribution in [1.82, 2.24) is 20.4 Å². The lowest BCUT2D eigenvalue weighted by atomic mass is 10.0. The normalized spacial score (nSPS) is 14.3. The summed E-state index contributed by atoms with van der Waals surface area (Å²) < 4.78 is 12.7. The second kappa shape index (κ2) is 12.5. The number of para-hydroxylation sites is 1. The highest BCUT2D eigenvalue weighted by Crippen LogP contribution is 2.30. The number of rotatable bonds is 7. The smallest absolute Gasteiger partial charge is 0.191 e. The summed E-state index contributed by atoms with van der Waals surface area (Å²) >= 11 is 0. The number of guanidine groups is 1. The number of anilines is 1. The van der Waals surface area contributed by atoms with Gasteiger partial charge < -0.3 is 25.0 Å². The third-order valence-corrected chi connectivity index (χ3v) is 5.88. The maximum atomic E-state index is 5.42. The largest absolute Gasteiger partial charge is 0.497 e. The summed E-state index contributed by atoms with van der Waals surface area (Å²) in [7, 11) is 5.17. The molecule has 2 N–H and O–H groups in total. The first kappa shape index (κ1) is 25.7. The fourth-order valence-electron chi connectivity index (χ4n) is 4.00. The monoisotopic (exact) mass is 576 g/mol. The van der Waals surface area contributed by atoms with Crippen molar-refractivity contribution in [2.75, 3.05) is 39.3 Å². The van der Waals surface area contributed by atoms with E-state index in [0.717, 1.165) is 60.3 Å². The third kappa shape index (κ3) is 6.55. The lowest BCUT2D eigenvalue weighted by Gasteiger charge is -2.34. The Kier molecular flexibility index (Phi) is 9.43. The molecule has 0 radical (unpaired) electrons. The molecule has 182 valence electrons. The Bertz CT molecular complexity index is 1040. The number of hydrogen-bond acceptors (Lipinski definition) is 5. The Hall–Kier alpha value is -2.95. The summed E-state index contributed by atoms with van der Waals surface area (Å²) in [5.41, 5.74) is 3.28. The Morgan fingerprint density at radius 2 is 1.71 bits per heavy atom. The molecule has 1 saturated heterocycles. The highest BCUT2D eigenvalue weighted by atomic mass is 127. The number of ether oxygens (including phenoxy) is 2. The molecular formula is C25H33IN6O2. The number of hydrogen-bond donors (Lipinski definition) is 2. The van der Waals surface area contributed by atoms with Crippen molar-refractivity contribution in [1.29, 1.82) is 0 Å². The molecule has 1 aromatic heterocycles. The predicted octanol–water partition coefficient (Wildman–Crippen LogP) is 3.84. The third-order valence-electron chi connectivity index (χ3n) is 5.88. The Morgan fingerprint density at radius 1 is 1.03 bits per heavy atom. The van der Waals surface area contributed by atoms with Crippen LogP contribution in [0.1, 0.15) is 18.4 Å². The Labute approximate surface area is 218 Å². The average Bonchev–Trinajstić information content (AvgIpc) is 3.36. The highest BCUT2D eigenvalue weighted by Gasteiger charge is 2.21. The molecule has 0 atom stereocenters. The number of aromatic nitrogens is 2. The van der Waals surface area contributed by atoms with E-state index >= 15 is 0 Å². The Morgan fingerprint density at radius 3 is 2.32 bits per heavy atom. The van der Waals surface area contributed by atoms with E-state index in [0.29, 0.717) is 12.6 Å². The summed E-state index contributed by atoms with van der Waals surface area (Å²) in [4.78, 5) is 6.78. The molecule has 0 saturated carbocycles. The molecule has 3 aromatic rings. The average molecular weight is 576 g/mol. The molecule has 0 bridgehead atoms. The van der Waals surface area contributed by atoms with E-state index in [2.05, 4.69) is 37.8 Å². The molecule has 0 amide bonds. The first-order valence-electron chi connectivity index (χ1n) is 11.2. The van der Waals surface area contributed by atoms with Crippen molar-refractivity contribution < 1.29 is 9.47 Å². The van der Waals surface area contributed by atoms with Crippen molar-refractivity contribution in [3.05, 3.63) is 66.5 Å². The van der Waals surface area contributed by atoms with Gasteiger partial charge in [-0.15, -0.1) is 24.0 Å². The molecule has 1 aliphatic rings. The molecule has 0 aliphatic carbocycles. The lowest BCUT2D eigenvalue weighted by molar-refractivity contribution is 0.393. The first-order valence-corrected chi connectivity index (χ1v) is 11.2. The topological polar surface area (TPSA) is 75.9 Å². The molecule has 8 nitrogen and oxygen atoms in total. The van der Waals surface area contributed by atoms with Gasteiger partial charge in [0.25, 0.3) is 0 Å². The number of benzene rings is 2. The summed E-state index contributed by atoms with van der Waals surface area (Å²) in [5.74, 6) is 2.43. The van der Waals surface area contributed by atoms with Gasteiger partial charge in [0.05, 0.1) is 26.1 Å². The van der Waals surface area contributed by atoms with Crippen LogP contribution in [-0.4, -0.2) is 56.1 Å². The van der Waals surface area contributed by atoms with Crippen LogP contribution in [0.25, 0.3) is 5.69 Å². The molecule has 1 fully saturated rings. The van der Waals surface area contributed by atoms with E-state index in [1.807, 2.05) is 53.5 Å². The minimum Gasteiger partial charge on any atom is -0.497 e. The van der Waals surface area contributed by atoms with Gasteiger partial charge in [-0.3, -0.25) is 4.99 Å². The summed E-state index contributed by atoms with van der Waals surface area (Å²) in [5, 5.41) is 11.4. The van der Waals surface area contributed by atoms with Gasteiger partial charge in [0.1, 0.15) is 11.5 Å². The summed E-state index contributed by atoms with van der Waals surface area (Å²) in [6.07, 6.45) is 5.96. The fourth-order valence-corrected chi connectivity index (χ4v) is 4.00. The molecular weight excluding hydrogens is 543 g/mol. The Balaban J connectivity index is 0.00000324. The maximum Gasteiger partial charge on any atom is 0.191 e. The SMILES string of the molecule is CN=C(NCc1cnn(-c2ccccc2)c1)NC1CCN(c2cc(OC)cc(OC)c2)CC1.I. The van der Waals surface area contributed by atoms with Gasteiger partial charge in [-0.2, -0.15) is 5.10 Å². The maximum absolute atomic E-state index is 5.42. The van der Waals surface area contributed by atoms with E-state index in [4.69, 9.17) is 9.47 Å². The second-order valence-corrected chi connectivity index (χ2v) is 8.03. The van der Waals surface area contributed by atoms with Crippen molar-refractivity contribution in [2.24, 2.45) is 4.99 Å². The summed E-state index contributed by atoms with van der Waals surface area (Å²) in [6, 6.07) is 16.5. The molecule has 1 aliphatic heterocycles. The fraction of sp³-hybridized carbons (Fsp3) is 0.360. The van der Waals surface area contributed by atoms with Crippen LogP contribution in [0, 0.1) is 0 Å². The number of halogens is 1. The van der Waals surface area contributed by atoms with Gasteiger partial charge in [-0.25, -0.2) is 4.68 Å². The molecule has 34 heavy (non-hydrogen) atoms. The molecule has 2 heterocycles. The zero-order valence-corrected chi connectivity index (χ0v) is 22.2. The van der Waals surface area contributed by atoms with Crippen LogP contribution in [-0.2, 0) is 6.54 Å². The predicted molar refractivity (Wildman–Crippen MR) is 147 cm³/mol.